The third-order valence-corrected chi connectivity index (χ3v) is 4.75. The van der Waals surface area contributed by atoms with Crippen molar-refractivity contribution in [1.29, 1.82) is 0 Å². The molecule has 0 saturated heterocycles. The molecule has 0 amide bonds. The van der Waals surface area contributed by atoms with E-state index in [0.29, 0.717) is 6.54 Å². The van der Waals surface area contributed by atoms with Gasteiger partial charge in [0.2, 0.25) is 0 Å². The second-order valence-electron chi connectivity index (χ2n) is 6.50. The Morgan fingerprint density at radius 1 is 1.12 bits per heavy atom. The topological polar surface area (TPSA) is 41.4 Å². The Morgan fingerprint density at radius 3 is 2.88 bits per heavy atom. The summed E-state index contributed by atoms with van der Waals surface area (Å²) in [6, 6.07) is 6.99. The summed E-state index contributed by atoms with van der Waals surface area (Å²) in [5.41, 5.74) is 4.07. The molecule has 0 atom stereocenters. The second-order valence-corrected chi connectivity index (χ2v) is 6.50. The van der Waals surface area contributed by atoms with Crippen LogP contribution >= 0.6 is 0 Å². The Hall–Kier alpha value is -2.14. The van der Waals surface area contributed by atoms with Crippen molar-refractivity contribution in [1.82, 2.24) is 14.9 Å². The maximum absolute atomic E-state index is 13.8. The van der Waals surface area contributed by atoms with E-state index in [1.54, 1.807) is 6.07 Å². The molecule has 1 aromatic carbocycles. The van der Waals surface area contributed by atoms with E-state index in [-0.39, 0.29) is 5.82 Å². The van der Waals surface area contributed by atoms with Crippen LogP contribution in [0.1, 0.15) is 41.9 Å². The lowest BCUT2D eigenvalue weighted by atomic mass is 10.0. The largest absolute Gasteiger partial charge is 0.294 e. The van der Waals surface area contributed by atoms with Gasteiger partial charge in [-0.05, 0) is 25.3 Å². The van der Waals surface area contributed by atoms with Crippen molar-refractivity contribution in [3.8, 4) is 0 Å². The molecule has 24 heavy (non-hydrogen) atoms. The summed E-state index contributed by atoms with van der Waals surface area (Å²) in [4.78, 5) is 16.1. The van der Waals surface area contributed by atoms with Crippen LogP contribution in [0.4, 0.5) is 4.39 Å². The molecule has 0 unspecified atom stereocenters. The van der Waals surface area contributed by atoms with Gasteiger partial charge in [0.15, 0.2) is 5.82 Å². The number of aromatic nitrogens is 2. The smallest absolute Gasteiger partial charge is 0.173 e. The molecule has 0 aliphatic carbocycles. The first-order chi connectivity index (χ1) is 11.8. The SMILES string of the molecule is Fc1ccccc1CN1CCc2nc(C3=NCCCC3)ncc2C1. The zero-order valence-electron chi connectivity index (χ0n) is 13.7. The molecule has 0 spiro atoms. The van der Waals surface area contributed by atoms with Gasteiger partial charge in [-0.3, -0.25) is 9.89 Å². The van der Waals surface area contributed by atoms with Crippen LogP contribution in [-0.4, -0.2) is 33.7 Å². The highest BCUT2D eigenvalue weighted by Crippen LogP contribution is 2.20. The molecule has 4 rings (SSSR count). The van der Waals surface area contributed by atoms with Crippen molar-refractivity contribution in [2.24, 2.45) is 4.99 Å². The van der Waals surface area contributed by atoms with Crippen molar-refractivity contribution >= 4 is 5.71 Å². The van der Waals surface area contributed by atoms with Crippen LogP contribution in [0, 0.1) is 5.82 Å². The number of fused-ring (bicyclic) bond motifs is 1. The molecule has 2 aromatic rings. The molecule has 124 valence electrons. The van der Waals surface area contributed by atoms with E-state index < -0.39 is 0 Å². The number of hydrogen-bond acceptors (Lipinski definition) is 4. The second kappa shape index (κ2) is 6.77. The van der Waals surface area contributed by atoms with Gasteiger partial charge in [-0.1, -0.05) is 18.2 Å². The monoisotopic (exact) mass is 324 g/mol. The Kier molecular flexibility index (Phi) is 4.34. The number of rotatable bonds is 3. The maximum atomic E-state index is 13.8. The van der Waals surface area contributed by atoms with E-state index in [0.717, 1.165) is 60.8 Å². The van der Waals surface area contributed by atoms with Crippen LogP contribution in [-0.2, 0) is 19.5 Å². The van der Waals surface area contributed by atoms with E-state index in [4.69, 9.17) is 4.98 Å². The van der Waals surface area contributed by atoms with Crippen LogP contribution in [0.25, 0.3) is 0 Å². The Morgan fingerprint density at radius 2 is 2.04 bits per heavy atom. The van der Waals surface area contributed by atoms with Crippen molar-refractivity contribution in [2.45, 2.75) is 38.8 Å². The zero-order chi connectivity index (χ0) is 16.4. The number of hydrogen-bond donors (Lipinski definition) is 0. The fraction of sp³-hybridized carbons (Fsp3) is 0.421. The van der Waals surface area contributed by atoms with Gasteiger partial charge in [-0.2, -0.15) is 0 Å². The molecule has 0 N–H and O–H groups in total. The first-order valence-corrected chi connectivity index (χ1v) is 8.64. The summed E-state index contributed by atoms with van der Waals surface area (Å²) < 4.78 is 13.8. The summed E-state index contributed by atoms with van der Waals surface area (Å²) in [6.07, 6.45) is 6.14. The van der Waals surface area contributed by atoms with Crippen molar-refractivity contribution in [3.63, 3.8) is 0 Å². The Labute approximate surface area is 141 Å². The van der Waals surface area contributed by atoms with Crippen LogP contribution in [0.3, 0.4) is 0 Å². The highest BCUT2D eigenvalue weighted by atomic mass is 19.1. The predicted octanol–water partition coefficient (Wildman–Crippen LogP) is 3.15. The number of nitrogens with zero attached hydrogens (tertiary/aromatic N) is 4. The van der Waals surface area contributed by atoms with Gasteiger partial charge in [0.05, 0.1) is 11.4 Å². The fourth-order valence-corrected chi connectivity index (χ4v) is 3.40. The van der Waals surface area contributed by atoms with Gasteiger partial charge < -0.3 is 0 Å². The standard InChI is InChI=1S/C19H21FN4/c20-16-6-2-1-5-14(16)12-24-10-8-17-15(13-24)11-22-19(23-17)18-7-3-4-9-21-18/h1-2,5-6,11H,3-4,7-10,12-13H2. The van der Waals surface area contributed by atoms with Crippen molar-refractivity contribution in [2.75, 3.05) is 13.1 Å². The minimum atomic E-state index is -0.134. The molecule has 0 saturated carbocycles. The summed E-state index contributed by atoms with van der Waals surface area (Å²) in [6.45, 7) is 3.19. The molecular weight excluding hydrogens is 303 g/mol. The lowest BCUT2D eigenvalue weighted by Gasteiger charge is -2.28. The van der Waals surface area contributed by atoms with E-state index in [9.17, 15) is 4.39 Å². The molecule has 0 fully saturated rings. The molecular formula is C19H21FN4. The molecule has 1 aromatic heterocycles. The number of benzene rings is 1. The lowest BCUT2D eigenvalue weighted by molar-refractivity contribution is 0.239. The van der Waals surface area contributed by atoms with Gasteiger partial charge in [0.1, 0.15) is 5.82 Å². The average Bonchev–Trinajstić information content (AvgIpc) is 2.64. The van der Waals surface area contributed by atoms with Crippen LogP contribution in [0.15, 0.2) is 35.5 Å². The molecule has 2 aliphatic rings. The first kappa shape index (κ1) is 15.4. The molecule has 5 heteroatoms. The van der Waals surface area contributed by atoms with Gasteiger partial charge in [0, 0.05) is 49.9 Å². The third-order valence-electron chi connectivity index (χ3n) is 4.75. The average molecular weight is 324 g/mol. The molecule has 4 nitrogen and oxygen atoms in total. The Balaban J connectivity index is 1.49. The minimum absolute atomic E-state index is 0.134. The van der Waals surface area contributed by atoms with E-state index in [1.165, 1.54) is 18.9 Å². The minimum Gasteiger partial charge on any atom is -0.294 e. The van der Waals surface area contributed by atoms with E-state index >= 15 is 0 Å². The Bertz CT molecular complexity index is 772. The van der Waals surface area contributed by atoms with Gasteiger partial charge >= 0.3 is 0 Å². The predicted molar refractivity (Wildman–Crippen MR) is 91.5 cm³/mol. The van der Waals surface area contributed by atoms with Gasteiger partial charge in [0.25, 0.3) is 0 Å². The summed E-state index contributed by atoms with van der Waals surface area (Å²) in [7, 11) is 0. The van der Waals surface area contributed by atoms with Crippen molar-refractivity contribution in [3.05, 3.63) is 58.9 Å². The quantitative estimate of drug-likeness (QED) is 0.871. The molecule has 0 radical (unpaired) electrons. The molecule has 3 heterocycles. The lowest BCUT2D eigenvalue weighted by Crippen LogP contribution is -2.31. The highest BCUT2D eigenvalue weighted by molar-refractivity contribution is 5.97. The maximum Gasteiger partial charge on any atom is 0.173 e. The first-order valence-electron chi connectivity index (χ1n) is 8.64. The van der Waals surface area contributed by atoms with Gasteiger partial charge in [-0.25, -0.2) is 14.4 Å². The van der Waals surface area contributed by atoms with Crippen LogP contribution < -0.4 is 0 Å². The van der Waals surface area contributed by atoms with Gasteiger partial charge in [-0.15, -0.1) is 0 Å². The molecule has 2 aliphatic heterocycles. The van der Waals surface area contributed by atoms with E-state index in [1.807, 2.05) is 18.3 Å². The summed E-state index contributed by atoms with van der Waals surface area (Å²) in [5, 5.41) is 0. The number of aliphatic imine (C=N–C) groups is 1. The summed E-state index contributed by atoms with van der Waals surface area (Å²) >= 11 is 0. The van der Waals surface area contributed by atoms with E-state index in [2.05, 4.69) is 14.9 Å². The highest BCUT2D eigenvalue weighted by Gasteiger charge is 2.20. The summed E-state index contributed by atoms with van der Waals surface area (Å²) in [5.74, 6) is 0.668. The number of halogens is 1. The van der Waals surface area contributed by atoms with Crippen molar-refractivity contribution < 1.29 is 4.39 Å². The zero-order valence-corrected chi connectivity index (χ0v) is 13.7. The fourth-order valence-electron chi connectivity index (χ4n) is 3.40. The normalized spacial score (nSPS) is 18.1. The molecule has 0 bridgehead atoms. The van der Waals surface area contributed by atoms with Crippen LogP contribution in [0.2, 0.25) is 0 Å². The third kappa shape index (κ3) is 3.22. The van der Waals surface area contributed by atoms with Crippen LogP contribution in [0.5, 0.6) is 0 Å².